The van der Waals surface area contributed by atoms with E-state index in [1.54, 1.807) is 36.4 Å². The number of carbonyl (C=O) groups is 2. The Morgan fingerprint density at radius 1 is 1.05 bits per heavy atom. The van der Waals surface area contributed by atoms with Crippen molar-refractivity contribution in [2.75, 3.05) is 0 Å². The number of rotatable bonds is 4. The maximum absolute atomic E-state index is 11.9. The number of carbonyl (C=O) groups excluding carboxylic acids is 2. The monoisotopic (exact) mass is 286 g/mol. The van der Waals surface area contributed by atoms with Crippen LogP contribution in [0.4, 0.5) is 0 Å². The molecule has 0 aliphatic rings. The highest BCUT2D eigenvalue weighted by atomic mass is 16.5. The van der Waals surface area contributed by atoms with Crippen LogP contribution in [0.3, 0.4) is 0 Å². The van der Waals surface area contributed by atoms with Gasteiger partial charge in [0.05, 0.1) is 0 Å². The lowest BCUT2D eigenvalue weighted by atomic mass is 10.2. The Morgan fingerprint density at radius 3 is 2.43 bits per heavy atom. The fraction of sp³-hybridized carbons (Fsp3) is 0.125. The quantitative estimate of drug-likeness (QED) is 0.691. The van der Waals surface area contributed by atoms with E-state index in [0.29, 0.717) is 11.3 Å². The molecule has 5 nitrogen and oxygen atoms in total. The van der Waals surface area contributed by atoms with Crippen molar-refractivity contribution in [2.24, 2.45) is 0 Å². The summed E-state index contributed by atoms with van der Waals surface area (Å²) in [5, 5.41) is 9.58. The van der Waals surface area contributed by atoms with Crippen molar-refractivity contribution < 1.29 is 24.2 Å². The highest BCUT2D eigenvalue weighted by Crippen LogP contribution is 2.21. The zero-order valence-electron chi connectivity index (χ0n) is 11.4. The third-order valence-electron chi connectivity index (χ3n) is 2.71. The summed E-state index contributed by atoms with van der Waals surface area (Å²) in [5.74, 6) is -0.897. The molecule has 0 aliphatic carbocycles. The van der Waals surface area contributed by atoms with Crippen molar-refractivity contribution in [1.82, 2.24) is 0 Å². The van der Waals surface area contributed by atoms with Gasteiger partial charge in [-0.15, -0.1) is 0 Å². The van der Waals surface area contributed by atoms with Crippen molar-refractivity contribution in [1.29, 1.82) is 0 Å². The van der Waals surface area contributed by atoms with Gasteiger partial charge in [0, 0.05) is 12.5 Å². The van der Waals surface area contributed by atoms with Gasteiger partial charge in [0.25, 0.3) is 0 Å². The first-order chi connectivity index (χ1) is 10.1. The van der Waals surface area contributed by atoms with Crippen LogP contribution in [0.25, 0.3) is 0 Å². The molecular weight excluding hydrogens is 272 g/mol. The lowest BCUT2D eigenvalue weighted by Crippen LogP contribution is -2.08. The van der Waals surface area contributed by atoms with Gasteiger partial charge < -0.3 is 14.6 Å². The number of phenolic OH excluding ortho intramolecular Hbond substituents is 1. The number of esters is 2. The number of hydrogen-bond donors (Lipinski definition) is 1. The van der Waals surface area contributed by atoms with E-state index >= 15 is 0 Å². The van der Waals surface area contributed by atoms with Crippen LogP contribution in [-0.2, 0) is 16.1 Å². The van der Waals surface area contributed by atoms with E-state index in [2.05, 4.69) is 0 Å². The standard InChI is InChI=1S/C16H14O5/c1-11(17)21-15-9-5-2-6-12(15)10-20-16(19)13-7-3-4-8-14(13)18/h2-9,18H,10H2,1H3. The van der Waals surface area contributed by atoms with Crippen LogP contribution in [0.1, 0.15) is 22.8 Å². The molecule has 1 N–H and O–H groups in total. The summed E-state index contributed by atoms with van der Waals surface area (Å²) >= 11 is 0. The summed E-state index contributed by atoms with van der Waals surface area (Å²) < 4.78 is 10.2. The minimum atomic E-state index is -0.647. The second-order valence-electron chi connectivity index (χ2n) is 4.29. The highest BCUT2D eigenvalue weighted by Gasteiger charge is 2.13. The number of hydrogen-bond acceptors (Lipinski definition) is 5. The van der Waals surface area contributed by atoms with E-state index in [9.17, 15) is 14.7 Å². The predicted octanol–water partition coefficient (Wildman–Crippen LogP) is 2.67. The first kappa shape index (κ1) is 14.6. The third-order valence-corrected chi connectivity index (χ3v) is 2.71. The molecule has 0 saturated heterocycles. The van der Waals surface area contributed by atoms with E-state index in [1.807, 2.05) is 0 Å². The molecule has 0 aliphatic heterocycles. The molecule has 0 heterocycles. The minimum Gasteiger partial charge on any atom is -0.507 e. The van der Waals surface area contributed by atoms with E-state index in [1.165, 1.54) is 19.1 Å². The average molecular weight is 286 g/mol. The molecule has 0 bridgehead atoms. The van der Waals surface area contributed by atoms with Crippen LogP contribution < -0.4 is 4.74 Å². The van der Waals surface area contributed by atoms with Crippen LogP contribution in [0.15, 0.2) is 48.5 Å². The maximum atomic E-state index is 11.9. The first-order valence-electron chi connectivity index (χ1n) is 6.29. The average Bonchev–Trinajstić information content (AvgIpc) is 2.46. The Labute approximate surface area is 121 Å². The van der Waals surface area contributed by atoms with Gasteiger partial charge in [-0.2, -0.15) is 0 Å². The number of ether oxygens (including phenoxy) is 2. The lowest BCUT2D eigenvalue weighted by Gasteiger charge is -2.10. The van der Waals surface area contributed by atoms with Crippen LogP contribution >= 0.6 is 0 Å². The largest absolute Gasteiger partial charge is 0.507 e. The smallest absolute Gasteiger partial charge is 0.342 e. The summed E-state index contributed by atoms with van der Waals surface area (Å²) in [6.07, 6.45) is 0. The molecule has 5 heteroatoms. The van der Waals surface area contributed by atoms with E-state index in [-0.39, 0.29) is 17.9 Å². The van der Waals surface area contributed by atoms with Crippen molar-refractivity contribution in [3.05, 3.63) is 59.7 Å². The number of phenols is 1. The molecule has 2 rings (SSSR count). The molecule has 0 unspecified atom stereocenters. The Bertz CT molecular complexity index is 663. The zero-order chi connectivity index (χ0) is 15.2. The Balaban J connectivity index is 2.08. The Hall–Kier alpha value is -2.82. The predicted molar refractivity (Wildman–Crippen MR) is 75.0 cm³/mol. The molecule has 0 aromatic heterocycles. The Morgan fingerprint density at radius 2 is 1.71 bits per heavy atom. The molecule has 0 radical (unpaired) electrons. The summed E-state index contributed by atoms with van der Waals surface area (Å²) in [7, 11) is 0. The molecule has 2 aromatic carbocycles. The van der Waals surface area contributed by atoms with Crippen LogP contribution in [-0.4, -0.2) is 17.0 Å². The van der Waals surface area contributed by atoms with E-state index in [4.69, 9.17) is 9.47 Å². The van der Waals surface area contributed by atoms with Crippen LogP contribution in [0.5, 0.6) is 11.5 Å². The maximum Gasteiger partial charge on any atom is 0.342 e. The molecule has 0 amide bonds. The third kappa shape index (κ3) is 3.82. The van der Waals surface area contributed by atoms with Gasteiger partial charge in [0.15, 0.2) is 0 Å². The van der Waals surface area contributed by atoms with Gasteiger partial charge in [-0.25, -0.2) is 4.79 Å². The van der Waals surface area contributed by atoms with Gasteiger partial charge in [-0.1, -0.05) is 30.3 Å². The fourth-order valence-corrected chi connectivity index (χ4v) is 1.74. The van der Waals surface area contributed by atoms with Crippen LogP contribution in [0.2, 0.25) is 0 Å². The second-order valence-corrected chi connectivity index (χ2v) is 4.29. The number of benzene rings is 2. The highest BCUT2D eigenvalue weighted by molar-refractivity contribution is 5.92. The van der Waals surface area contributed by atoms with Gasteiger partial charge in [0.2, 0.25) is 0 Å². The van der Waals surface area contributed by atoms with Gasteiger partial charge in [0.1, 0.15) is 23.7 Å². The minimum absolute atomic E-state index is 0.0589. The molecule has 0 atom stereocenters. The summed E-state index contributed by atoms with van der Waals surface area (Å²) in [4.78, 5) is 22.9. The van der Waals surface area contributed by atoms with Gasteiger partial charge in [-0.3, -0.25) is 4.79 Å². The normalized spacial score (nSPS) is 9.95. The van der Waals surface area contributed by atoms with Crippen molar-refractivity contribution in [3.8, 4) is 11.5 Å². The molecule has 2 aromatic rings. The summed E-state index contributed by atoms with van der Waals surface area (Å²) in [5.41, 5.74) is 0.652. The molecule has 0 spiro atoms. The molecule has 21 heavy (non-hydrogen) atoms. The second kappa shape index (κ2) is 6.56. The van der Waals surface area contributed by atoms with Crippen molar-refractivity contribution >= 4 is 11.9 Å². The van der Waals surface area contributed by atoms with Gasteiger partial charge in [-0.05, 0) is 18.2 Å². The molecule has 108 valence electrons. The number of para-hydroxylation sites is 2. The fourth-order valence-electron chi connectivity index (χ4n) is 1.74. The molecule has 0 saturated carbocycles. The topological polar surface area (TPSA) is 72.8 Å². The SMILES string of the molecule is CC(=O)Oc1ccccc1COC(=O)c1ccccc1O. The summed E-state index contributed by atoms with van der Waals surface area (Å²) in [6.45, 7) is 1.24. The Kier molecular flexibility index (Phi) is 4.56. The van der Waals surface area contributed by atoms with Crippen molar-refractivity contribution in [2.45, 2.75) is 13.5 Å². The lowest BCUT2D eigenvalue weighted by molar-refractivity contribution is -0.131. The summed E-state index contributed by atoms with van der Waals surface area (Å²) in [6, 6.07) is 12.9. The first-order valence-corrected chi connectivity index (χ1v) is 6.29. The zero-order valence-corrected chi connectivity index (χ0v) is 11.4. The van der Waals surface area contributed by atoms with Gasteiger partial charge >= 0.3 is 11.9 Å². The van der Waals surface area contributed by atoms with E-state index in [0.717, 1.165) is 0 Å². The van der Waals surface area contributed by atoms with Crippen LogP contribution in [0, 0.1) is 0 Å². The van der Waals surface area contributed by atoms with E-state index < -0.39 is 11.9 Å². The molecular formula is C16H14O5. The number of aromatic hydroxyl groups is 1. The van der Waals surface area contributed by atoms with Crippen molar-refractivity contribution in [3.63, 3.8) is 0 Å². The molecule has 0 fully saturated rings.